The van der Waals surface area contributed by atoms with E-state index in [0.717, 1.165) is 17.8 Å². The van der Waals surface area contributed by atoms with Crippen molar-refractivity contribution in [2.24, 2.45) is 5.92 Å². The van der Waals surface area contributed by atoms with Crippen LogP contribution in [0.3, 0.4) is 0 Å². The Morgan fingerprint density at radius 3 is 2.83 bits per heavy atom. The van der Waals surface area contributed by atoms with Crippen LogP contribution >= 0.6 is 11.3 Å². The number of nitrogens with zero attached hydrogens (tertiary/aromatic N) is 1. The zero-order chi connectivity index (χ0) is 13.5. The van der Waals surface area contributed by atoms with E-state index in [-0.39, 0.29) is 23.4 Å². The Hall–Kier alpha value is -1.47. The minimum atomic E-state index is -0.512. The standard InChI is InChI=1S/C11H16N2O4S/c1-2-8(5-6-14)7-12-11(15)9-3-4-10(18-9)13(16)17/h3-4,8,14H,2,5-7H2,1H3,(H,12,15). The highest BCUT2D eigenvalue weighted by atomic mass is 32.1. The molecular weight excluding hydrogens is 256 g/mol. The van der Waals surface area contributed by atoms with Gasteiger partial charge in [-0.05, 0) is 18.4 Å². The summed E-state index contributed by atoms with van der Waals surface area (Å²) in [5, 5.41) is 22.0. The van der Waals surface area contributed by atoms with Crippen LogP contribution in [0.1, 0.15) is 29.4 Å². The van der Waals surface area contributed by atoms with Crippen molar-refractivity contribution in [1.29, 1.82) is 0 Å². The van der Waals surface area contributed by atoms with Gasteiger partial charge in [-0.2, -0.15) is 0 Å². The zero-order valence-corrected chi connectivity index (χ0v) is 10.9. The molecule has 0 aromatic carbocycles. The first-order valence-electron chi connectivity index (χ1n) is 5.71. The third-order valence-electron chi connectivity index (χ3n) is 2.66. The van der Waals surface area contributed by atoms with E-state index >= 15 is 0 Å². The number of aliphatic hydroxyl groups is 1. The fourth-order valence-electron chi connectivity index (χ4n) is 1.51. The largest absolute Gasteiger partial charge is 0.396 e. The first kappa shape index (κ1) is 14.6. The highest BCUT2D eigenvalue weighted by Gasteiger charge is 2.16. The van der Waals surface area contributed by atoms with Gasteiger partial charge in [-0.25, -0.2) is 0 Å². The van der Waals surface area contributed by atoms with Gasteiger partial charge in [-0.1, -0.05) is 24.7 Å². The number of nitro groups is 1. The van der Waals surface area contributed by atoms with Crippen LogP contribution in [0.25, 0.3) is 0 Å². The van der Waals surface area contributed by atoms with Gasteiger partial charge in [0.15, 0.2) is 0 Å². The summed E-state index contributed by atoms with van der Waals surface area (Å²) >= 11 is 0.861. The first-order valence-corrected chi connectivity index (χ1v) is 6.53. The van der Waals surface area contributed by atoms with Gasteiger partial charge in [0.1, 0.15) is 0 Å². The molecule has 0 aliphatic carbocycles. The second-order valence-electron chi connectivity index (χ2n) is 3.89. The van der Waals surface area contributed by atoms with Gasteiger partial charge < -0.3 is 10.4 Å². The van der Waals surface area contributed by atoms with Crippen LogP contribution in [0, 0.1) is 16.0 Å². The Labute approximate surface area is 109 Å². The Morgan fingerprint density at radius 2 is 2.33 bits per heavy atom. The van der Waals surface area contributed by atoms with E-state index in [1.54, 1.807) is 0 Å². The molecule has 2 N–H and O–H groups in total. The smallest absolute Gasteiger partial charge is 0.324 e. The molecule has 0 radical (unpaired) electrons. The molecule has 100 valence electrons. The van der Waals surface area contributed by atoms with Gasteiger partial charge in [0, 0.05) is 19.2 Å². The molecule has 18 heavy (non-hydrogen) atoms. The van der Waals surface area contributed by atoms with Gasteiger partial charge in [0.05, 0.1) is 9.80 Å². The summed E-state index contributed by atoms with van der Waals surface area (Å²) in [4.78, 5) is 22.0. The van der Waals surface area contributed by atoms with E-state index < -0.39 is 4.92 Å². The summed E-state index contributed by atoms with van der Waals surface area (Å²) in [5.74, 6) is -0.0709. The number of amides is 1. The molecule has 1 aromatic rings. The van der Waals surface area contributed by atoms with E-state index in [1.165, 1.54) is 12.1 Å². The molecule has 0 saturated carbocycles. The van der Waals surface area contributed by atoms with Gasteiger partial charge in [0.2, 0.25) is 0 Å². The Bertz CT molecular complexity index is 419. The third kappa shape index (κ3) is 4.08. The molecule has 1 aromatic heterocycles. The van der Waals surface area contributed by atoms with Crippen molar-refractivity contribution in [3.05, 3.63) is 27.1 Å². The molecule has 7 heteroatoms. The summed E-state index contributed by atoms with van der Waals surface area (Å²) in [5.41, 5.74) is 0. The fraction of sp³-hybridized carbons (Fsp3) is 0.545. The van der Waals surface area contributed by atoms with E-state index in [4.69, 9.17) is 5.11 Å². The monoisotopic (exact) mass is 272 g/mol. The molecule has 0 fully saturated rings. The Balaban J connectivity index is 2.51. The number of hydrogen-bond donors (Lipinski definition) is 2. The highest BCUT2D eigenvalue weighted by Crippen LogP contribution is 2.23. The first-order chi connectivity index (χ1) is 8.58. The molecule has 0 spiro atoms. The maximum atomic E-state index is 11.7. The number of rotatable bonds is 7. The van der Waals surface area contributed by atoms with Crippen LogP contribution in [-0.2, 0) is 0 Å². The van der Waals surface area contributed by atoms with Gasteiger partial charge >= 0.3 is 5.00 Å². The molecule has 1 heterocycles. The second-order valence-corrected chi connectivity index (χ2v) is 4.95. The molecule has 1 rings (SSSR count). The van der Waals surface area contributed by atoms with Crippen molar-refractivity contribution >= 4 is 22.2 Å². The highest BCUT2D eigenvalue weighted by molar-refractivity contribution is 7.17. The lowest BCUT2D eigenvalue weighted by Crippen LogP contribution is -2.28. The molecule has 1 amide bonds. The van der Waals surface area contributed by atoms with E-state index in [2.05, 4.69) is 5.32 Å². The van der Waals surface area contributed by atoms with Crippen LogP contribution in [0.2, 0.25) is 0 Å². The van der Waals surface area contributed by atoms with E-state index in [0.29, 0.717) is 17.8 Å². The molecule has 0 aliphatic heterocycles. The summed E-state index contributed by atoms with van der Waals surface area (Å²) in [6.45, 7) is 2.56. The quantitative estimate of drug-likeness (QED) is 0.584. The van der Waals surface area contributed by atoms with Crippen molar-refractivity contribution in [2.75, 3.05) is 13.2 Å². The van der Waals surface area contributed by atoms with Gasteiger partial charge in [-0.3, -0.25) is 14.9 Å². The molecule has 1 unspecified atom stereocenters. The van der Waals surface area contributed by atoms with Gasteiger partial charge in [-0.15, -0.1) is 0 Å². The lowest BCUT2D eigenvalue weighted by atomic mass is 10.0. The molecule has 0 saturated heterocycles. The maximum Gasteiger partial charge on any atom is 0.324 e. The van der Waals surface area contributed by atoms with Gasteiger partial charge in [0.25, 0.3) is 5.91 Å². The average Bonchev–Trinajstić information content (AvgIpc) is 2.83. The van der Waals surface area contributed by atoms with Crippen LogP contribution < -0.4 is 5.32 Å². The minimum absolute atomic E-state index is 0.0393. The van der Waals surface area contributed by atoms with Crippen molar-refractivity contribution in [2.45, 2.75) is 19.8 Å². The van der Waals surface area contributed by atoms with E-state index in [1.807, 2.05) is 6.92 Å². The predicted molar refractivity (Wildman–Crippen MR) is 68.8 cm³/mol. The minimum Gasteiger partial charge on any atom is -0.396 e. The third-order valence-corrected chi connectivity index (χ3v) is 3.70. The normalized spacial score (nSPS) is 12.1. The predicted octanol–water partition coefficient (Wildman–Crippen LogP) is 1.79. The lowest BCUT2D eigenvalue weighted by Gasteiger charge is -2.13. The van der Waals surface area contributed by atoms with E-state index in [9.17, 15) is 14.9 Å². The summed E-state index contributed by atoms with van der Waals surface area (Å²) < 4.78 is 0. The number of aliphatic hydroxyl groups excluding tert-OH is 1. The van der Waals surface area contributed by atoms with Crippen molar-refractivity contribution in [1.82, 2.24) is 5.32 Å². The zero-order valence-electron chi connectivity index (χ0n) is 10.1. The van der Waals surface area contributed by atoms with Crippen molar-refractivity contribution in [3.8, 4) is 0 Å². The lowest BCUT2D eigenvalue weighted by molar-refractivity contribution is -0.380. The Kier molecular flexibility index (Phi) is 5.73. The molecule has 0 bridgehead atoms. The second kappa shape index (κ2) is 7.07. The summed E-state index contributed by atoms with van der Waals surface area (Å²) in [6.07, 6.45) is 1.51. The summed E-state index contributed by atoms with van der Waals surface area (Å²) in [6, 6.07) is 2.77. The van der Waals surface area contributed by atoms with Crippen molar-refractivity contribution < 1.29 is 14.8 Å². The number of thiophene rings is 1. The molecule has 6 nitrogen and oxygen atoms in total. The van der Waals surface area contributed by atoms with Crippen LogP contribution in [-0.4, -0.2) is 29.1 Å². The summed E-state index contributed by atoms with van der Waals surface area (Å²) in [7, 11) is 0. The molecule has 0 aliphatic rings. The topological polar surface area (TPSA) is 92.5 Å². The molecular formula is C11H16N2O4S. The number of carbonyl (C=O) groups is 1. The Morgan fingerprint density at radius 1 is 1.61 bits per heavy atom. The van der Waals surface area contributed by atoms with Crippen LogP contribution in [0.4, 0.5) is 5.00 Å². The number of nitrogens with one attached hydrogen (secondary N) is 1. The fourth-order valence-corrected chi connectivity index (χ4v) is 2.24. The maximum absolute atomic E-state index is 11.7. The van der Waals surface area contributed by atoms with Crippen LogP contribution in [0.15, 0.2) is 12.1 Å². The molecule has 1 atom stereocenters. The average molecular weight is 272 g/mol. The van der Waals surface area contributed by atoms with Crippen molar-refractivity contribution in [3.63, 3.8) is 0 Å². The number of carbonyl (C=O) groups excluding carboxylic acids is 1. The SMILES string of the molecule is CCC(CCO)CNC(=O)c1ccc([N+](=O)[O-])s1. The number of hydrogen-bond acceptors (Lipinski definition) is 5. The van der Waals surface area contributed by atoms with Crippen LogP contribution in [0.5, 0.6) is 0 Å².